The van der Waals surface area contributed by atoms with Crippen LogP contribution in [0.25, 0.3) is 11.2 Å². The molecule has 0 aliphatic carbocycles. The highest BCUT2D eigenvalue weighted by atomic mass is 16.2. The first-order valence-corrected chi connectivity index (χ1v) is 4.82. The van der Waals surface area contributed by atoms with Crippen molar-refractivity contribution in [2.45, 2.75) is 6.92 Å². The molecule has 0 bridgehead atoms. The summed E-state index contributed by atoms with van der Waals surface area (Å²) in [6, 6.07) is 0. The van der Waals surface area contributed by atoms with Crippen LogP contribution in [-0.4, -0.2) is 25.0 Å². The summed E-state index contributed by atoms with van der Waals surface area (Å²) in [6.07, 6.45) is 0.915. The fourth-order valence-electron chi connectivity index (χ4n) is 1.60. The Kier molecular flexibility index (Phi) is 2.31. The number of hydrogen-bond donors (Lipinski definition) is 1. The molecule has 88 valence electrons. The molecule has 0 unspecified atom stereocenters. The molecule has 0 fully saturated rings. The maximum absolute atomic E-state index is 11.9. The average molecular weight is 234 g/mol. The van der Waals surface area contributed by atoms with E-state index in [-0.39, 0.29) is 11.2 Å². The van der Waals surface area contributed by atoms with Gasteiger partial charge in [-0.05, 0) is 13.0 Å². The van der Waals surface area contributed by atoms with E-state index in [1.165, 1.54) is 7.05 Å². The highest BCUT2D eigenvalue weighted by Crippen LogP contribution is 2.02. The van der Waals surface area contributed by atoms with Gasteiger partial charge in [-0.2, -0.15) is 4.57 Å². The van der Waals surface area contributed by atoms with Crippen molar-refractivity contribution >= 4 is 17.1 Å². The number of rotatable bonds is 1. The Labute approximate surface area is 95.0 Å². The average Bonchev–Trinajstić information content (AvgIpc) is 2.68. The largest absolute Gasteiger partial charge is 0.339 e. The maximum Gasteiger partial charge on any atom is 0.339 e. The standard InChI is InChI=1S/C10H10N4O3/c1-4-6(15)14-9(16)7-8(12-5(2)11-7)13(3)10(14)17/h4H,1H2,2-3H3,(H,11,12). The zero-order chi connectivity index (χ0) is 12.7. The van der Waals surface area contributed by atoms with Gasteiger partial charge in [0, 0.05) is 7.05 Å². The molecule has 7 heteroatoms. The fourth-order valence-corrected chi connectivity index (χ4v) is 1.60. The smallest absolute Gasteiger partial charge is 0.336 e. The molecular formula is C10H10N4O3. The van der Waals surface area contributed by atoms with Crippen LogP contribution >= 0.6 is 0 Å². The van der Waals surface area contributed by atoms with E-state index in [9.17, 15) is 14.4 Å². The number of aryl methyl sites for hydroxylation is 2. The van der Waals surface area contributed by atoms with Crippen LogP contribution in [0.2, 0.25) is 0 Å². The first-order chi connectivity index (χ1) is 7.97. The SMILES string of the molecule is C=CC(=O)n1c(=O)c2[nH]c(C)nc2n(C)c1=O. The molecule has 0 aromatic carbocycles. The number of hydrogen-bond acceptors (Lipinski definition) is 4. The van der Waals surface area contributed by atoms with Gasteiger partial charge in [0.1, 0.15) is 5.82 Å². The molecule has 0 saturated heterocycles. The highest BCUT2D eigenvalue weighted by molar-refractivity contribution is 5.90. The summed E-state index contributed by atoms with van der Waals surface area (Å²) >= 11 is 0. The van der Waals surface area contributed by atoms with E-state index in [0.29, 0.717) is 10.4 Å². The molecule has 2 rings (SSSR count). The highest BCUT2D eigenvalue weighted by Gasteiger charge is 2.16. The second-order valence-electron chi connectivity index (χ2n) is 3.55. The van der Waals surface area contributed by atoms with Gasteiger partial charge in [-0.25, -0.2) is 9.78 Å². The summed E-state index contributed by atoms with van der Waals surface area (Å²) in [5.74, 6) is -0.263. The summed E-state index contributed by atoms with van der Waals surface area (Å²) < 4.78 is 1.66. The van der Waals surface area contributed by atoms with Gasteiger partial charge in [-0.1, -0.05) is 6.58 Å². The molecular weight excluding hydrogens is 224 g/mol. The van der Waals surface area contributed by atoms with Crippen molar-refractivity contribution in [3.8, 4) is 0 Å². The molecule has 1 N–H and O–H groups in total. The molecule has 0 atom stereocenters. The Hall–Kier alpha value is -2.44. The third kappa shape index (κ3) is 1.43. The topological polar surface area (TPSA) is 89.8 Å². The summed E-state index contributed by atoms with van der Waals surface area (Å²) in [4.78, 5) is 41.9. The Bertz CT molecular complexity index is 747. The second kappa shape index (κ2) is 3.55. The minimum Gasteiger partial charge on any atom is -0.336 e. The van der Waals surface area contributed by atoms with Crippen LogP contribution in [0, 0.1) is 6.92 Å². The number of imidazole rings is 1. The van der Waals surface area contributed by atoms with Crippen LogP contribution < -0.4 is 11.2 Å². The molecule has 17 heavy (non-hydrogen) atoms. The minimum absolute atomic E-state index is 0.125. The summed E-state index contributed by atoms with van der Waals surface area (Å²) in [7, 11) is 1.44. The Morgan fingerprint density at radius 2 is 2.12 bits per heavy atom. The quantitative estimate of drug-likeness (QED) is 0.677. The molecule has 7 nitrogen and oxygen atoms in total. The van der Waals surface area contributed by atoms with E-state index in [0.717, 1.165) is 10.6 Å². The van der Waals surface area contributed by atoms with Crippen molar-refractivity contribution < 1.29 is 4.79 Å². The molecule has 2 aromatic rings. The molecule has 2 heterocycles. The van der Waals surface area contributed by atoms with E-state index in [2.05, 4.69) is 16.5 Å². The number of carbonyl (C=O) groups excluding carboxylic acids is 1. The van der Waals surface area contributed by atoms with Crippen molar-refractivity contribution in [3.63, 3.8) is 0 Å². The molecule has 0 aliphatic rings. The number of fused-ring (bicyclic) bond motifs is 1. The Balaban J connectivity index is 3.06. The van der Waals surface area contributed by atoms with Crippen LogP contribution in [-0.2, 0) is 7.05 Å². The predicted octanol–water partition coefficient (Wildman–Crippen LogP) is -0.442. The van der Waals surface area contributed by atoms with Crippen LogP contribution in [0.5, 0.6) is 0 Å². The number of H-pyrrole nitrogens is 1. The van der Waals surface area contributed by atoms with Crippen LogP contribution in [0.15, 0.2) is 22.2 Å². The summed E-state index contributed by atoms with van der Waals surface area (Å²) in [6.45, 7) is 4.91. The lowest BCUT2D eigenvalue weighted by Crippen LogP contribution is -2.42. The van der Waals surface area contributed by atoms with Crippen molar-refractivity contribution in [1.29, 1.82) is 0 Å². The molecule has 0 aliphatic heterocycles. The minimum atomic E-state index is -0.759. The fraction of sp³-hybridized carbons (Fsp3) is 0.200. The number of allylic oxidation sites excluding steroid dienone is 1. The van der Waals surface area contributed by atoms with Crippen LogP contribution in [0.4, 0.5) is 0 Å². The number of aromatic nitrogens is 4. The van der Waals surface area contributed by atoms with Gasteiger partial charge in [-0.15, -0.1) is 0 Å². The number of nitrogens with zero attached hydrogens (tertiary/aromatic N) is 3. The van der Waals surface area contributed by atoms with E-state index >= 15 is 0 Å². The lowest BCUT2D eigenvalue weighted by atomic mass is 10.5. The van der Waals surface area contributed by atoms with Gasteiger partial charge in [0.05, 0.1) is 0 Å². The van der Waals surface area contributed by atoms with Crippen molar-refractivity contribution in [3.05, 3.63) is 39.3 Å². The van der Waals surface area contributed by atoms with Gasteiger partial charge < -0.3 is 4.98 Å². The van der Waals surface area contributed by atoms with Gasteiger partial charge in [0.2, 0.25) is 0 Å². The first-order valence-electron chi connectivity index (χ1n) is 4.82. The molecule has 0 saturated carbocycles. The summed E-state index contributed by atoms with van der Waals surface area (Å²) in [5.41, 5.74) is -1.10. The molecule has 0 amide bonds. The van der Waals surface area contributed by atoms with Crippen molar-refractivity contribution in [2.75, 3.05) is 0 Å². The van der Waals surface area contributed by atoms with E-state index in [1.807, 2.05) is 0 Å². The third-order valence-corrected chi connectivity index (χ3v) is 2.41. The van der Waals surface area contributed by atoms with Gasteiger partial charge in [-0.3, -0.25) is 14.2 Å². The van der Waals surface area contributed by atoms with Crippen molar-refractivity contribution in [2.24, 2.45) is 7.05 Å². The normalized spacial score (nSPS) is 10.7. The predicted molar refractivity (Wildman–Crippen MR) is 61.2 cm³/mol. The number of aromatic amines is 1. The maximum atomic E-state index is 11.9. The summed E-state index contributed by atoms with van der Waals surface area (Å²) in [5, 5.41) is 0. The molecule has 0 radical (unpaired) electrons. The Morgan fingerprint density at radius 3 is 2.71 bits per heavy atom. The lowest BCUT2D eigenvalue weighted by molar-refractivity contribution is 0.0959. The van der Waals surface area contributed by atoms with E-state index < -0.39 is 17.2 Å². The first kappa shape index (κ1) is 11.1. The Morgan fingerprint density at radius 1 is 1.47 bits per heavy atom. The van der Waals surface area contributed by atoms with Crippen LogP contribution in [0.3, 0.4) is 0 Å². The van der Waals surface area contributed by atoms with Gasteiger partial charge >= 0.3 is 5.69 Å². The number of nitrogens with one attached hydrogen (secondary N) is 1. The molecule has 2 aromatic heterocycles. The lowest BCUT2D eigenvalue weighted by Gasteiger charge is -2.03. The number of carbonyl (C=O) groups is 1. The van der Waals surface area contributed by atoms with Gasteiger partial charge in [0.15, 0.2) is 11.2 Å². The van der Waals surface area contributed by atoms with Crippen molar-refractivity contribution in [1.82, 2.24) is 19.1 Å². The second-order valence-corrected chi connectivity index (χ2v) is 3.55. The van der Waals surface area contributed by atoms with Gasteiger partial charge in [0.25, 0.3) is 11.5 Å². The monoisotopic (exact) mass is 234 g/mol. The zero-order valence-electron chi connectivity index (χ0n) is 9.35. The van der Waals surface area contributed by atoms with E-state index in [1.54, 1.807) is 6.92 Å². The zero-order valence-corrected chi connectivity index (χ0v) is 9.35. The van der Waals surface area contributed by atoms with E-state index in [4.69, 9.17) is 0 Å². The third-order valence-electron chi connectivity index (χ3n) is 2.41. The molecule has 0 spiro atoms. The van der Waals surface area contributed by atoms with Crippen LogP contribution in [0.1, 0.15) is 10.6 Å².